The molecule has 1 fully saturated rings. The molecule has 0 spiro atoms. The van der Waals surface area contributed by atoms with Crippen LogP contribution < -0.4 is 4.90 Å². The van der Waals surface area contributed by atoms with Crippen LogP contribution in [0, 0.1) is 0 Å². The van der Waals surface area contributed by atoms with Crippen LogP contribution in [0.5, 0.6) is 0 Å². The lowest BCUT2D eigenvalue weighted by atomic mass is 10.2. The van der Waals surface area contributed by atoms with E-state index in [1.165, 1.54) is 5.69 Å². The Morgan fingerprint density at radius 2 is 1.71 bits per heavy atom. The van der Waals surface area contributed by atoms with Crippen LogP contribution in [0.1, 0.15) is 0 Å². The monoisotopic (exact) mass is 392 g/mol. The van der Waals surface area contributed by atoms with Crippen molar-refractivity contribution in [1.82, 2.24) is 24.6 Å². The fraction of sp³-hybridized carbons (Fsp3) is 0.238. The first-order chi connectivity index (χ1) is 13.7. The van der Waals surface area contributed by atoms with Gasteiger partial charge in [-0.25, -0.2) is 9.67 Å². The molecule has 142 valence electrons. The number of aromatic nitrogens is 4. The minimum absolute atomic E-state index is 0.713. The number of H-pyrrole nitrogens is 1. The molecule has 1 aliphatic heterocycles. The summed E-state index contributed by atoms with van der Waals surface area (Å²) in [5, 5.41) is 5.17. The molecule has 0 saturated carbocycles. The summed E-state index contributed by atoms with van der Waals surface area (Å²) in [4.78, 5) is 13.0. The van der Waals surface area contributed by atoms with Gasteiger partial charge in [0.25, 0.3) is 0 Å². The van der Waals surface area contributed by atoms with Crippen molar-refractivity contribution >= 4 is 28.3 Å². The molecule has 2 aromatic carbocycles. The maximum atomic E-state index is 5.97. The molecule has 2 aromatic heterocycles. The summed E-state index contributed by atoms with van der Waals surface area (Å²) >= 11 is 5.97. The van der Waals surface area contributed by atoms with E-state index in [2.05, 4.69) is 45.1 Å². The van der Waals surface area contributed by atoms with Crippen LogP contribution in [0.15, 0.2) is 54.9 Å². The summed E-state index contributed by atoms with van der Waals surface area (Å²) in [5.41, 5.74) is 5.17. The number of imidazole rings is 1. The van der Waals surface area contributed by atoms with Crippen molar-refractivity contribution in [2.24, 2.45) is 0 Å². The zero-order valence-electron chi connectivity index (χ0n) is 15.6. The Kier molecular flexibility index (Phi) is 4.30. The predicted molar refractivity (Wildman–Crippen MR) is 113 cm³/mol. The zero-order chi connectivity index (χ0) is 19.1. The third-order valence-corrected chi connectivity index (χ3v) is 5.53. The standard InChI is InChI=1S/C21H21ClN6/c1-26-8-10-27(11-9-26)18-6-7-19-20(12-18)25-21(24-19)15-13-23-28(14-15)17-4-2-16(22)3-5-17/h2-7,12-14H,8-11H2,1H3,(H,24,25). The molecule has 3 heterocycles. The Bertz CT molecular complexity index is 1110. The molecular weight excluding hydrogens is 372 g/mol. The SMILES string of the molecule is CN1CCN(c2ccc3nc(-c4cnn(-c5ccc(Cl)cc5)c4)[nH]c3c2)CC1. The number of piperazine rings is 1. The highest BCUT2D eigenvalue weighted by Crippen LogP contribution is 2.25. The molecule has 28 heavy (non-hydrogen) atoms. The van der Waals surface area contributed by atoms with Gasteiger partial charge in [0.15, 0.2) is 0 Å². The van der Waals surface area contributed by atoms with Gasteiger partial charge in [0, 0.05) is 43.1 Å². The van der Waals surface area contributed by atoms with E-state index >= 15 is 0 Å². The number of fused-ring (bicyclic) bond motifs is 1. The summed E-state index contributed by atoms with van der Waals surface area (Å²) in [5.74, 6) is 0.825. The molecular formula is C21H21ClN6. The Labute approximate surface area is 168 Å². The fourth-order valence-electron chi connectivity index (χ4n) is 3.58. The van der Waals surface area contributed by atoms with E-state index in [1.807, 2.05) is 41.3 Å². The average Bonchev–Trinajstić information content (AvgIpc) is 3.35. The van der Waals surface area contributed by atoms with Crippen molar-refractivity contribution in [1.29, 1.82) is 0 Å². The molecule has 1 aliphatic rings. The highest BCUT2D eigenvalue weighted by Gasteiger charge is 2.15. The predicted octanol–water partition coefficient (Wildman–Crippen LogP) is 3.82. The first-order valence-electron chi connectivity index (χ1n) is 9.40. The summed E-state index contributed by atoms with van der Waals surface area (Å²) in [7, 11) is 2.17. The van der Waals surface area contributed by atoms with Crippen molar-refractivity contribution in [3.05, 3.63) is 59.9 Å². The highest BCUT2D eigenvalue weighted by molar-refractivity contribution is 6.30. The molecule has 5 rings (SSSR count). The second-order valence-electron chi connectivity index (χ2n) is 7.23. The lowest BCUT2D eigenvalue weighted by Crippen LogP contribution is -2.44. The number of rotatable bonds is 3. The van der Waals surface area contributed by atoms with E-state index in [4.69, 9.17) is 16.6 Å². The maximum Gasteiger partial charge on any atom is 0.141 e. The van der Waals surface area contributed by atoms with Crippen LogP contribution in [0.2, 0.25) is 5.02 Å². The number of aromatic amines is 1. The highest BCUT2D eigenvalue weighted by atomic mass is 35.5. The summed E-state index contributed by atoms with van der Waals surface area (Å²) in [6.45, 7) is 4.29. The molecule has 1 N–H and O–H groups in total. The van der Waals surface area contributed by atoms with E-state index < -0.39 is 0 Å². The van der Waals surface area contributed by atoms with Gasteiger partial charge in [0.1, 0.15) is 5.82 Å². The summed E-state index contributed by atoms with van der Waals surface area (Å²) in [6.07, 6.45) is 3.80. The topological polar surface area (TPSA) is 53.0 Å². The summed E-state index contributed by atoms with van der Waals surface area (Å²) < 4.78 is 1.83. The maximum absolute atomic E-state index is 5.97. The van der Waals surface area contributed by atoms with Gasteiger partial charge in [-0.05, 0) is 49.5 Å². The minimum atomic E-state index is 0.713. The van der Waals surface area contributed by atoms with Crippen LogP contribution >= 0.6 is 11.6 Å². The van der Waals surface area contributed by atoms with Gasteiger partial charge < -0.3 is 14.8 Å². The number of hydrogen-bond acceptors (Lipinski definition) is 4. The molecule has 4 aromatic rings. The Morgan fingerprint density at radius 1 is 0.964 bits per heavy atom. The van der Waals surface area contributed by atoms with Crippen molar-refractivity contribution in [3.63, 3.8) is 0 Å². The van der Waals surface area contributed by atoms with Crippen LogP contribution in [-0.4, -0.2) is 57.9 Å². The van der Waals surface area contributed by atoms with Crippen LogP contribution in [-0.2, 0) is 0 Å². The molecule has 0 amide bonds. The van der Waals surface area contributed by atoms with E-state index in [9.17, 15) is 0 Å². The van der Waals surface area contributed by atoms with Crippen molar-refractivity contribution in [2.45, 2.75) is 0 Å². The number of hydrogen-bond donors (Lipinski definition) is 1. The third-order valence-electron chi connectivity index (χ3n) is 5.28. The smallest absolute Gasteiger partial charge is 0.141 e. The lowest BCUT2D eigenvalue weighted by molar-refractivity contribution is 0.313. The second-order valence-corrected chi connectivity index (χ2v) is 7.66. The number of nitrogens with zero attached hydrogens (tertiary/aromatic N) is 5. The lowest BCUT2D eigenvalue weighted by Gasteiger charge is -2.34. The van der Waals surface area contributed by atoms with Gasteiger partial charge >= 0.3 is 0 Å². The number of likely N-dealkylation sites (N-methyl/N-ethyl adjacent to an activating group) is 1. The molecule has 0 bridgehead atoms. The molecule has 0 atom stereocenters. The number of nitrogens with one attached hydrogen (secondary N) is 1. The number of benzene rings is 2. The van der Waals surface area contributed by atoms with Gasteiger partial charge in [0.2, 0.25) is 0 Å². The van der Waals surface area contributed by atoms with Crippen LogP contribution in [0.3, 0.4) is 0 Å². The Hall–Kier alpha value is -2.83. The Morgan fingerprint density at radius 3 is 2.50 bits per heavy atom. The van der Waals surface area contributed by atoms with Gasteiger partial charge in [-0.15, -0.1) is 0 Å². The molecule has 0 unspecified atom stereocenters. The first kappa shape index (κ1) is 17.3. The van der Waals surface area contributed by atoms with Crippen molar-refractivity contribution in [3.8, 4) is 17.1 Å². The molecule has 6 nitrogen and oxygen atoms in total. The fourth-order valence-corrected chi connectivity index (χ4v) is 3.70. The Balaban J connectivity index is 1.43. The normalized spacial score (nSPS) is 15.4. The molecule has 0 aliphatic carbocycles. The van der Waals surface area contributed by atoms with Gasteiger partial charge in [0.05, 0.1) is 28.5 Å². The van der Waals surface area contributed by atoms with Gasteiger partial charge in [-0.3, -0.25) is 0 Å². The van der Waals surface area contributed by atoms with E-state index in [1.54, 1.807) is 0 Å². The average molecular weight is 393 g/mol. The second kappa shape index (κ2) is 6.96. The molecule has 0 radical (unpaired) electrons. The quantitative estimate of drug-likeness (QED) is 0.576. The molecule has 7 heteroatoms. The molecule has 1 saturated heterocycles. The van der Waals surface area contributed by atoms with Crippen molar-refractivity contribution in [2.75, 3.05) is 38.1 Å². The van der Waals surface area contributed by atoms with E-state index in [0.29, 0.717) is 5.02 Å². The first-order valence-corrected chi connectivity index (χ1v) is 9.78. The van der Waals surface area contributed by atoms with Crippen LogP contribution in [0.25, 0.3) is 28.1 Å². The van der Waals surface area contributed by atoms with Crippen LogP contribution in [0.4, 0.5) is 5.69 Å². The third kappa shape index (κ3) is 3.25. The summed E-state index contributed by atoms with van der Waals surface area (Å²) in [6, 6.07) is 14.1. The number of halogens is 1. The van der Waals surface area contributed by atoms with Gasteiger partial charge in [-0.1, -0.05) is 11.6 Å². The minimum Gasteiger partial charge on any atom is -0.369 e. The zero-order valence-corrected chi connectivity index (χ0v) is 16.4. The largest absolute Gasteiger partial charge is 0.369 e. The number of anilines is 1. The van der Waals surface area contributed by atoms with Crippen molar-refractivity contribution < 1.29 is 0 Å². The van der Waals surface area contributed by atoms with E-state index in [-0.39, 0.29) is 0 Å². The van der Waals surface area contributed by atoms with E-state index in [0.717, 1.165) is 54.3 Å². The van der Waals surface area contributed by atoms with Gasteiger partial charge in [-0.2, -0.15) is 5.10 Å².